The van der Waals surface area contributed by atoms with Crippen molar-refractivity contribution in [1.82, 2.24) is 10.2 Å². The molecule has 102 valence electrons. The molecule has 3 rings (SSSR count). The highest BCUT2D eigenvalue weighted by atomic mass is 15.1. The third kappa shape index (κ3) is 3.46. The summed E-state index contributed by atoms with van der Waals surface area (Å²) >= 11 is 0. The largest absolute Gasteiger partial charge is 0.314 e. The van der Waals surface area contributed by atoms with E-state index in [0.29, 0.717) is 0 Å². The van der Waals surface area contributed by atoms with Crippen LogP contribution in [0, 0.1) is 5.92 Å². The van der Waals surface area contributed by atoms with Gasteiger partial charge >= 0.3 is 0 Å². The van der Waals surface area contributed by atoms with Crippen LogP contribution in [-0.2, 0) is 0 Å². The minimum absolute atomic E-state index is 0.795. The second-order valence-electron chi connectivity index (χ2n) is 5.82. The van der Waals surface area contributed by atoms with Gasteiger partial charge in [0.1, 0.15) is 0 Å². The van der Waals surface area contributed by atoms with E-state index in [1.165, 1.54) is 44.5 Å². The van der Waals surface area contributed by atoms with Crippen LogP contribution < -0.4 is 5.32 Å². The van der Waals surface area contributed by atoms with Gasteiger partial charge in [-0.25, -0.2) is 0 Å². The van der Waals surface area contributed by atoms with Crippen LogP contribution >= 0.6 is 0 Å². The lowest BCUT2D eigenvalue weighted by Gasteiger charge is -2.41. The van der Waals surface area contributed by atoms with Crippen LogP contribution in [-0.4, -0.2) is 37.1 Å². The molecule has 1 N–H and O–H groups in total. The lowest BCUT2D eigenvalue weighted by atomic mass is 9.85. The molecule has 1 aromatic rings. The van der Waals surface area contributed by atoms with Crippen molar-refractivity contribution in [3.63, 3.8) is 0 Å². The molecule has 2 aliphatic heterocycles. The first-order valence-electron chi connectivity index (χ1n) is 7.59. The van der Waals surface area contributed by atoms with Crippen molar-refractivity contribution in [3.05, 3.63) is 42.0 Å². The smallest absolute Gasteiger partial charge is 0.0166 e. The SMILES string of the molecule is C(=C\c1ccccc1)/CN1CC[C@H]2NCCC[C@@H]2C1. The maximum Gasteiger partial charge on any atom is 0.0166 e. The van der Waals surface area contributed by atoms with E-state index in [9.17, 15) is 0 Å². The zero-order valence-electron chi connectivity index (χ0n) is 11.6. The van der Waals surface area contributed by atoms with Crippen LogP contribution in [0.3, 0.4) is 0 Å². The molecule has 19 heavy (non-hydrogen) atoms. The van der Waals surface area contributed by atoms with Gasteiger partial charge in [0.25, 0.3) is 0 Å². The normalized spacial score (nSPS) is 28.4. The van der Waals surface area contributed by atoms with E-state index in [2.05, 4.69) is 52.7 Å². The number of piperidine rings is 2. The lowest BCUT2D eigenvalue weighted by molar-refractivity contribution is 0.124. The van der Waals surface area contributed by atoms with Crippen LogP contribution in [0.5, 0.6) is 0 Å². The predicted molar refractivity (Wildman–Crippen MR) is 81.0 cm³/mol. The predicted octanol–water partition coefficient (Wildman–Crippen LogP) is 2.77. The molecule has 0 spiro atoms. The number of benzene rings is 1. The first kappa shape index (κ1) is 12.9. The molecule has 2 saturated heterocycles. The number of hydrogen-bond acceptors (Lipinski definition) is 2. The Morgan fingerprint density at radius 2 is 2.11 bits per heavy atom. The number of nitrogens with zero attached hydrogens (tertiary/aromatic N) is 1. The molecule has 2 heterocycles. The quantitative estimate of drug-likeness (QED) is 0.894. The first-order chi connectivity index (χ1) is 9.42. The Bertz CT molecular complexity index is 413. The zero-order chi connectivity index (χ0) is 12.9. The van der Waals surface area contributed by atoms with E-state index in [1.807, 2.05) is 0 Å². The Morgan fingerprint density at radius 3 is 3.00 bits per heavy atom. The van der Waals surface area contributed by atoms with Crippen LogP contribution in [0.4, 0.5) is 0 Å². The Balaban J connectivity index is 1.49. The second-order valence-corrected chi connectivity index (χ2v) is 5.82. The highest BCUT2D eigenvalue weighted by molar-refractivity contribution is 5.48. The first-order valence-corrected chi connectivity index (χ1v) is 7.59. The number of hydrogen-bond donors (Lipinski definition) is 1. The molecule has 0 saturated carbocycles. The van der Waals surface area contributed by atoms with E-state index in [1.54, 1.807) is 0 Å². The standard InChI is InChI=1S/C17H24N2/c1-2-6-15(7-3-1)8-5-12-19-13-10-17-16(14-19)9-4-11-18-17/h1-3,5-8,16-18H,4,9-14H2/b8-5+/t16-,17-/m1/s1. The van der Waals surface area contributed by atoms with Crippen molar-refractivity contribution < 1.29 is 0 Å². The molecule has 0 amide bonds. The monoisotopic (exact) mass is 256 g/mol. The lowest BCUT2D eigenvalue weighted by Crippen LogP contribution is -2.52. The molecular formula is C17H24N2. The summed E-state index contributed by atoms with van der Waals surface area (Å²) < 4.78 is 0. The van der Waals surface area contributed by atoms with Crippen molar-refractivity contribution in [2.24, 2.45) is 5.92 Å². The van der Waals surface area contributed by atoms with Crippen LogP contribution in [0.1, 0.15) is 24.8 Å². The fraction of sp³-hybridized carbons (Fsp3) is 0.529. The molecule has 0 aliphatic carbocycles. The summed E-state index contributed by atoms with van der Waals surface area (Å²) in [6, 6.07) is 11.4. The molecule has 0 aromatic heterocycles. The molecule has 2 atom stereocenters. The van der Waals surface area contributed by atoms with Gasteiger partial charge in [0.2, 0.25) is 0 Å². The van der Waals surface area contributed by atoms with Gasteiger partial charge in [0, 0.05) is 19.1 Å². The number of rotatable bonds is 3. The summed E-state index contributed by atoms with van der Waals surface area (Å²) in [5, 5.41) is 3.68. The Labute approximate surface area is 116 Å². The van der Waals surface area contributed by atoms with E-state index < -0.39 is 0 Å². The molecule has 0 radical (unpaired) electrons. The third-order valence-electron chi connectivity index (χ3n) is 4.45. The highest BCUT2D eigenvalue weighted by Crippen LogP contribution is 2.24. The van der Waals surface area contributed by atoms with E-state index >= 15 is 0 Å². The Kier molecular flexibility index (Phi) is 4.31. The zero-order valence-corrected chi connectivity index (χ0v) is 11.6. The van der Waals surface area contributed by atoms with Gasteiger partial charge in [-0.2, -0.15) is 0 Å². The van der Waals surface area contributed by atoms with Gasteiger partial charge in [-0.3, -0.25) is 4.90 Å². The van der Waals surface area contributed by atoms with Crippen LogP contribution in [0.2, 0.25) is 0 Å². The minimum atomic E-state index is 0.795. The summed E-state index contributed by atoms with van der Waals surface area (Å²) in [6.07, 6.45) is 8.65. The molecule has 2 heteroatoms. The topological polar surface area (TPSA) is 15.3 Å². The second kappa shape index (κ2) is 6.36. The number of likely N-dealkylation sites (tertiary alicyclic amines) is 1. The van der Waals surface area contributed by atoms with Gasteiger partial charge in [0.15, 0.2) is 0 Å². The summed E-state index contributed by atoms with van der Waals surface area (Å²) in [5.74, 6) is 0.882. The fourth-order valence-corrected chi connectivity index (χ4v) is 3.39. The maximum absolute atomic E-state index is 3.68. The molecule has 1 aromatic carbocycles. The average molecular weight is 256 g/mol. The summed E-state index contributed by atoms with van der Waals surface area (Å²) in [4.78, 5) is 2.60. The van der Waals surface area contributed by atoms with Crippen molar-refractivity contribution in [2.75, 3.05) is 26.2 Å². The molecule has 0 bridgehead atoms. The molecule has 2 fully saturated rings. The summed E-state index contributed by atoms with van der Waals surface area (Å²) in [6.45, 7) is 4.84. The Hall–Kier alpha value is -1.12. The van der Waals surface area contributed by atoms with Crippen molar-refractivity contribution in [1.29, 1.82) is 0 Å². The van der Waals surface area contributed by atoms with Gasteiger partial charge in [-0.1, -0.05) is 42.5 Å². The van der Waals surface area contributed by atoms with Crippen molar-refractivity contribution in [2.45, 2.75) is 25.3 Å². The molecular weight excluding hydrogens is 232 g/mol. The minimum Gasteiger partial charge on any atom is -0.314 e. The van der Waals surface area contributed by atoms with Gasteiger partial charge in [-0.05, 0) is 43.8 Å². The molecule has 0 unspecified atom stereocenters. The summed E-state index contributed by atoms with van der Waals surface area (Å²) in [5.41, 5.74) is 1.30. The summed E-state index contributed by atoms with van der Waals surface area (Å²) in [7, 11) is 0. The third-order valence-corrected chi connectivity index (χ3v) is 4.45. The van der Waals surface area contributed by atoms with E-state index in [-0.39, 0.29) is 0 Å². The van der Waals surface area contributed by atoms with Gasteiger partial charge in [0.05, 0.1) is 0 Å². The van der Waals surface area contributed by atoms with Crippen LogP contribution in [0.15, 0.2) is 36.4 Å². The molecule has 2 aliphatic rings. The number of fused-ring (bicyclic) bond motifs is 1. The average Bonchev–Trinajstić information content (AvgIpc) is 2.48. The van der Waals surface area contributed by atoms with Crippen molar-refractivity contribution in [3.8, 4) is 0 Å². The number of nitrogens with one attached hydrogen (secondary N) is 1. The van der Waals surface area contributed by atoms with Crippen molar-refractivity contribution >= 4 is 6.08 Å². The molecule has 2 nitrogen and oxygen atoms in total. The van der Waals surface area contributed by atoms with Gasteiger partial charge < -0.3 is 5.32 Å². The van der Waals surface area contributed by atoms with Gasteiger partial charge in [-0.15, -0.1) is 0 Å². The van der Waals surface area contributed by atoms with Crippen LogP contribution in [0.25, 0.3) is 6.08 Å². The van der Waals surface area contributed by atoms with E-state index in [4.69, 9.17) is 0 Å². The Morgan fingerprint density at radius 1 is 1.21 bits per heavy atom. The highest BCUT2D eigenvalue weighted by Gasteiger charge is 2.30. The van der Waals surface area contributed by atoms with E-state index in [0.717, 1.165) is 18.5 Å². The maximum atomic E-state index is 3.68. The fourth-order valence-electron chi connectivity index (χ4n) is 3.39.